The summed E-state index contributed by atoms with van der Waals surface area (Å²) in [6.07, 6.45) is 8.60. The van der Waals surface area contributed by atoms with Gasteiger partial charge in [-0.2, -0.15) is 0 Å². The molecule has 13 heavy (non-hydrogen) atoms. The highest BCUT2D eigenvalue weighted by atomic mass is 16.5. The van der Waals surface area contributed by atoms with E-state index in [2.05, 4.69) is 0 Å². The van der Waals surface area contributed by atoms with Crippen LogP contribution >= 0.6 is 0 Å². The van der Waals surface area contributed by atoms with Gasteiger partial charge in [-0.05, 0) is 31.3 Å². The Hall–Kier alpha value is -0.500. The van der Waals surface area contributed by atoms with Crippen molar-refractivity contribution in [2.24, 2.45) is 5.92 Å². The van der Waals surface area contributed by atoms with Crippen LogP contribution in [0.2, 0.25) is 0 Å². The predicted octanol–water partition coefficient (Wildman–Crippen LogP) is 2.23. The fraction of sp³-hybridized carbons (Fsp3) is 0.818. The molecule has 1 heterocycles. The second-order valence-electron chi connectivity index (χ2n) is 4.13. The van der Waals surface area contributed by atoms with E-state index in [0.717, 1.165) is 32.3 Å². The smallest absolute Gasteiger partial charge is 0.0876 e. The van der Waals surface area contributed by atoms with Crippen molar-refractivity contribution in [1.29, 1.82) is 0 Å². The normalized spacial score (nSPS) is 35.0. The number of aliphatic hydroxyl groups excluding tert-OH is 1. The monoisotopic (exact) mass is 182 g/mol. The molecule has 2 nitrogen and oxygen atoms in total. The topological polar surface area (TPSA) is 29.5 Å². The maximum absolute atomic E-state index is 9.82. The molecule has 1 saturated carbocycles. The minimum atomic E-state index is -0.110. The van der Waals surface area contributed by atoms with Gasteiger partial charge in [0.25, 0.3) is 0 Å². The van der Waals surface area contributed by atoms with Crippen LogP contribution in [0.25, 0.3) is 0 Å². The molecule has 1 fully saturated rings. The fourth-order valence-corrected chi connectivity index (χ4v) is 2.40. The molecule has 1 aliphatic carbocycles. The van der Waals surface area contributed by atoms with E-state index < -0.39 is 0 Å². The molecule has 0 spiro atoms. The van der Waals surface area contributed by atoms with Crippen LogP contribution in [0, 0.1) is 5.92 Å². The first-order valence-corrected chi connectivity index (χ1v) is 5.36. The number of ether oxygens (including phenoxy) is 1. The van der Waals surface area contributed by atoms with Crippen LogP contribution in [0.4, 0.5) is 0 Å². The minimum absolute atomic E-state index is 0.110. The molecule has 2 aliphatic rings. The summed E-state index contributed by atoms with van der Waals surface area (Å²) in [5.74, 6) is 0.397. The van der Waals surface area contributed by atoms with E-state index in [-0.39, 0.29) is 6.10 Å². The highest BCUT2D eigenvalue weighted by Gasteiger charge is 2.27. The van der Waals surface area contributed by atoms with Crippen molar-refractivity contribution < 1.29 is 9.84 Å². The molecule has 0 aromatic heterocycles. The van der Waals surface area contributed by atoms with Crippen molar-refractivity contribution in [2.75, 3.05) is 6.61 Å². The third-order valence-corrected chi connectivity index (χ3v) is 3.17. The van der Waals surface area contributed by atoms with Crippen LogP contribution in [0.5, 0.6) is 0 Å². The summed E-state index contributed by atoms with van der Waals surface area (Å²) >= 11 is 0. The summed E-state index contributed by atoms with van der Waals surface area (Å²) in [5, 5.41) is 9.82. The van der Waals surface area contributed by atoms with Gasteiger partial charge in [-0.1, -0.05) is 12.8 Å². The third kappa shape index (κ3) is 2.05. The lowest BCUT2D eigenvalue weighted by Crippen LogP contribution is -2.27. The first-order chi connectivity index (χ1) is 6.38. The lowest BCUT2D eigenvalue weighted by molar-refractivity contribution is 0.0793. The van der Waals surface area contributed by atoms with Crippen LogP contribution in [0.15, 0.2) is 11.8 Å². The molecule has 0 aromatic rings. The molecule has 2 heteroatoms. The highest BCUT2D eigenvalue weighted by molar-refractivity contribution is 5.08. The van der Waals surface area contributed by atoms with Gasteiger partial charge >= 0.3 is 0 Å². The van der Waals surface area contributed by atoms with Gasteiger partial charge in [0.05, 0.1) is 19.0 Å². The molecule has 0 unspecified atom stereocenters. The van der Waals surface area contributed by atoms with Gasteiger partial charge in [0.1, 0.15) is 0 Å². The second-order valence-corrected chi connectivity index (χ2v) is 4.13. The van der Waals surface area contributed by atoms with Crippen LogP contribution in [0.3, 0.4) is 0 Å². The molecule has 1 N–H and O–H groups in total. The maximum Gasteiger partial charge on any atom is 0.0876 e. The summed E-state index contributed by atoms with van der Waals surface area (Å²) in [5.41, 5.74) is 1.35. The molecule has 0 radical (unpaired) electrons. The van der Waals surface area contributed by atoms with E-state index in [1.807, 2.05) is 6.26 Å². The van der Waals surface area contributed by atoms with Gasteiger partial charge in [-0.15, -0.1) is 0 Å². The molecule has 1 aliphatic heterocycles. The number of aliphatic hydroxyl groups is 1. The van der Waals surface area contributed by atoms with Gasteiger partial charge in [-0.3, -0.25) is 0 Å². The Morgan fingerprint density at radius 1 is 1.23 bits per heavy atom. The zero-order chi connectivity index (χ0) is 9.10. The van der Waals surface area contributed by atoms with Crippen molar-refractivity contribution >= 4 is 0 Å². The largest absolute Gasteiger partial charge is 0.501 e. The van der Waals surface area contributed by atoms with E-state index in [0.29, 0.717) is 5.92 Å². The summed E-state index contributed by atoms with van der Waals surface area (Å²) in [6, 6.07) is 0. The lowest BCUT2D eigenvalue weighted by atomic mass is 9.80. The van der Waals surface area contributed by atoms with E-state index in [1.54, 1.807) is 0 Å². The Morgan fingerprint density at radius 2 is 2.08 bits per heavy atom. The summed E-state index contributed by atoms with van der Waals surface area (Å²) < 4.78 is 5.31. The van der Waals surface area contributed by atoms with Gasteiger partial charge in [0.15, 0.2) is 0 Å². The van der Waals surface area contributed by atoms with E-state index >= 15 is 0 Å². The summed E-state index contributed by atoms with van der Waals surface area (Å²) in [4.78, 5) is 0. The average Bonchev–Trinajstić information content (AvgIpc) is 2.20. The molecule has 0 saturated heterocycles. The third-order valence-electron chi connectivity index (χ3n) is 3.17. The Morgan fingerprint density at radius 3 is 2.77 bits per heavy atom. The number of hydrogen-bond donors (Lipinski definition) is 1. The lowest BCUT2D eigenvalue weighted by Gasteiger charge is -2.30. The van der Waals surface area contributed by atoms with Crippen molar-refractivity contribution in [3.8, 4) is 0 Å². The fourth-order valence-electron chi connectivity index (χ4n) is 2.40. The summed E-state index contributed by atoms with van der Waals surface area (Å²) in [7, 11) is 0. The first kappa shape index (κ1) is 9.07. The van der Waals surface area contributed by atoms with Crippen LogP contribution in [0.1, 0.15) is 38.5 Å². The van der Waals surface area contributed by atoms with Crippen molar-refractivity contribution in [3.05, 3.63) is 11.8 Å². The Balaban J connectivity index is 2.00. The second kappa shape index (κ2) is 4.14. The molecule has 2 atom stereocenters. The quantitative estimate of drug-likeness (QED) is 0.674. The zero-order valence-corrected chi connectivity index (χ0v) is 8.04. The van der Waals surface area contributed by atoms with Gasteiger partial charge in [0.2, 0.25) is 0 Å². The van der Waals surface area contributed by atoms with Gasteiger partial charge < -0.3 is 9.84 Å². The van der Waals surface area contributed by atoms with Crippen molar-refractivity contribution in [2.45, 2.75) is 44.6 Å². The molecular weight excluding hydrogens is 164 g/mol. The molecule has 0 amide bonds. The molecule has 0 aromatic carbocycles. The predicted molar refractivity (Wildman–Crippen MR) is 51.2 cm³/mol. The Labute approximate surface area is 79.6 Å². The molecule has 0 bridgehead atoms. The molecular formula is C11H18O2. The van der Waals surface area contributed by atoms with E-state index in [4.69, 9.17) is 4.74 Å². The van der Waals surface area contributed by atoms with Crippen LogP contribution in [-0.4, -0.2) is 17.8 Å². The number of rotatable bonds is 1. The zero-order valence-electron chi connectivity index (χ0n) is 8.04. The van der Waals surface area contributed by atoms with Gasteiger partial charge in [-0.25, -0.2) is 0 Å². The molecule has 2 rings (SSSR count). The van der Waals surface area contributed by atoms with Crippen molar-refractivity contribution in [1.82, 2.24) is 0 Å². The SMILES string of the molecule is O[C@@H]1CCCC[C@H]1C1=COCCC1. The molecule has 74 valence electrons. The highest BCUT2D eigenvalue weighted by Crippen LogP contribution is 2.33. The van der Waals surface area contributed by atoms with Crippen molar-refractivity contribution in [3.63, 3.8) is 0 Å². The van der Waals surface area contributed by atoms with E-state index in [1.165, 1.54) is 18.4 Å². The maximum atomic E-state index is 9.82. The average molecular weight is 182 g/mol. The minimum Gasteiger partial charge on any atom is -0.501 e. The first-order valence-electron chi connectivity index (χ1n) is 5.36. The number of hydrogen-bond acceptors (Lipinski definition) is 2. The Kier molecular flexibility index (Phi) is 2.89. The van der Waals surface area contributed by atoms with Crippen LogP contribution < -0.4 is 0 Å². The standard InChI is InChI=1S/C11H18O2/c12-11-6-2-1-5-10(11)9-4-3-7-13-8-9/h8,10-12H,1-7H2/t10-,11+/m0/s1. The summed E-state index contributed by atoms with van der Waals surface area (Å²) in [6.45, 7) is 0.853. The van der Waals surface area contributed by atoms with Gasteiger partial charge in [0, 0.05) is 5.92 Å². The Bertz CT molecular complexity index is 198. The van der Waals surface area contributed by atoms with Crippen LogP contribution in [-0.2, 0) is 4.74 Å². The van der Waals surface area contributed by atoms with E-state index in [9.17, 15) is 5.11 Å².